The Labute approximate surface area is 261 Å². The largest absolute Gasteiger partial charge is 0.444 e. The Hall–Kier alpha value is -4.24. The summed E-state index contributed by atoms with van der Waals surface area (Å²) in [6.07, 6.45) is 0.00562. The van der Waals surface area contributed by atoms with Crippen LogP contribution in [0.2, 0.25) is 0 Å². The van der Waals surface area contributed by atoms with E-state index in [1.807, 2.05) is 0 Å². The van der Waals surface area contributed by atoms with Crippen LogP contribution in [0.25, 0.3) is 10.4 Å². The fourth-order valence-corrected chi connectivity index (χ4v) is 4.60. The summed E-state index contributed by atoms with van der Waals surface area (Å²) in [7, 11) is 1.58. The smallest absolute Gasteiger partial charge is 0.410 e. The molecule has 1 saturated heterocycles. The normalized spacial score (nSPS) is 16.8. The van der Waals surface area contributed by atoms with Crippen molar-refractivity contribution in [3.05, 3.63) is 39.8 Å². The second-order valence-corrected chi connectivity index (χ2v) is 11.5. The number of imide groups is 1. The Balaban J connectivity index is 1.37. The van der Waals surface area contributed by atoms with Crippen LogP contribution >= 0.6 is 0 Å². The molecule has 2 heterocycles. The van der Waals surface area contributed by atoms with Crippen molar-refractivity contribution in [3.63, 3.8) is 0 Å². The van der Waals surface area contributed by atoms with Gasteiger partial charge < -0.3 is 34.1 Å². The minimum Gasteiger partial charge on any atom is -0.444 e. The lowest BCUT2D eigenvalue weighted by Gasteiger charge is -2.30. The third kappa shape index (κ3) is 11.0. The molecule has 0 aliphatic carbocycles. The Morgan fingerprint density at radius 1 is 1.13 bits per heavy atom. The highest BCUT2D eigenvalue weighted by molar-refractivity contribution is 6.05. The summed E-state index contributed by atoms with van der Waals surface area (Å²) in [6.45, 7) is 6.73. The number of carbonyl (C=O) groups is 5. The van der Waals surface area contributed by atoms with Gasteiger partial charge in [0.05, 0.1) is 52.1 Å². The van der Waals surface area contributed by atoms with Gasteiger partial charge in [-0.05, 0) is 56.5 Å². The highest BCUT2D eigenvalue weighted by Gasteiger charge is 2.39. The molecule has 45 heavy (non-hydrogen) atoms. The van der Waals surface area contributed by atoms with Gasteiger partial charge in [0.15, 0.2) is 0 Å². The molecule has 2 atom stereocenters. The molecule has 1 aromatic rings. The summed E-state index contributed by atoms with van der Waals surface area (Å²) in [5, 5.41) is 8.48. The number of anilines is 1. The maximum Gasteiger partial charge on any atom is 0.410 e. The van der Waals surface area contributed by atoms with Crippen LogP contribution in [0.5, 0.6) is 0 Å². The van der Waals surface area contributed by atoms with E-state index in [0.717, 1.165) is 0 Å². The molecular formula is C29H41N7O9. The van der Waals surface area contributed by atoms with E-state index in [2.05, 4.69) is 20.7 Å². The maximum atomic E-state index is 12.8. The number of nitrogens with zero attached hydrogens (tertiary/aromatic N) is 5. The van der Waals surface area contributed by atoms with E-state index in [4.69, 9.17) is 24.5 Å². The topological polar surface area (TPSA) is 202 Å². The van der Waals surface area contributed by atoms with E-state index < -0.39 is 29.7 Å². The van der Waals surface area contributed by atoms with Crippen LogP contribution in [-0.4, -0.2) is 110 Å². The Bertz CT molecular complexity index is 1290. The summed E-state index contributed by atoms with van der Waals surface area (Å²) < 4.78 is 22.2. The van der Waals surface area contributed by atoms with E-state index in [1.165, 1.54) is 9.80 Å². The lowest BCUT2D eigenvalue weighted by Crippen LogP contribution is -2.52. The van der Waals surface area contributed by atoms with Gasteiger partial charge in [-0.2, -0.15) is 0 Å². The minimum absolute atomic E-state index is 0.0848. The van der Waals surface area contributed by atoms with Gasteiger partial charge >= 0.3 is 6.09 Å². The van der Waals surface area contributed by atoms with Crippen LogP contribution in [0.4, 0.5) is 10.5 Å². The third-order valence-electron chi connectivity index (χ3n) is 6.90. The number of amides is 5. The molecule has 16 heteroatoms. The third-order valence-corrected chi connectivity index (χ3v) is 6.90. The molecule has 2 N–H and O–H groups in total. The van der Waals surface area contributed by atoms with Gasteiger partial charge in [-0.25, -0.2) is 4.79 Å². The van der Waals surface area contributed by atoms with Crippen LogP contribution < -0.4 is 10.6 Å². The first-order valence-corrected chi connectivity index (χ1v) is 14.7. The monoisotopic (exact) mass is 631 g/mol. The number of fused-ring (bicyclic) bond motifs is 1. The highest BCUT2D eigenvalue weighted by atomic mass is 16.6. The van der Waals surface area contributed by atoms with Gasteiger partial charge in [-0.15, -0.1) is 0 Å². The molecule has 0 bridgehead atoms. The molecular weight excluding hydrogens is 590 g/mol. The summed E-state index contributed by atoms with van der Waals surface area (Å²) in [6, 6.07) is 3.78. The number of carbonyl (C=O) groups excluding carboxylic acids is 5. The molecule has 2 aliphatic rings. The fourth-order valence-electron chi connectivity index (χ4n) is 4.60. The number of piperidine rings is 1. The van der Waals surface area contributed by atoms with Crippen molar-refractivity contribution >= 4 is 35.4 Å². The number of ether oxygens (including phenoxy) is 4. The zero-order valence-corrected chi connectivity index (χ0v) is 26.1. The fraction of sp³-hybridized carbons (Fsp3) is 0.621. The van der Waals surface area contributed by atoms with Crippen LogP contribution in [0.3, 0.4) is 0 Å². The first-order valence-electron chi connectivity index (χ1n) is 14.7. The van der Waals surface area contributed by atoms with Crippen molar-refractivity contribution in [2.45, 2.75) is 64.3 Å². The number of likely N-dealkylation sites (N-methyl/N-ethyl adjacent to an activating group) is 1. The van der Waals surface area contributed by atoms with Gasteiger partial charge in [-0.1, -0.05) is 5.11 Å². The van der Waals surface area contributed by atoms with Crippen LogP contribution in [0.1, 0.15) is 56.0 Å². The van der Waals surface area contributed by atoms with Crippen molar-refractivity contribution in [3.8, 4) is 0 Å². The standard InChI is InChI=1S/C29H41N7O9/c1-29(2,3)45-28(41)35(4)21(17-43-12-10-31-34-30)18-44-14-13-42-11-9-25(38)32-20-5-6-22-19(15-20)16-36(27(22)40)23-7-8-24(37)33-26(23)39/h5-6,15,21,23H,7-14,16-18H2,1-4H3,(H,32,38)(H,33,37,39). The number of hydrogen-bond acceptors (Lipinski definition) is 10. The van der Waals surface area contributed by atoms with Crippen molar-refractivity contribution in [2.75, 3.05) is 58.6 Å². The van der Waals surface area contributed by atoms with Gasteiger partial charge in [0.1, 0.15) is 11.6 Å². The SMILES string of the molecule is CN(C(=O)OC(C)(C)C)C(COCCN=[N+]=[N-])COCCOCCC(=O)Nc1ccc2c(c1)CN(C1CCC(=O)NC1=O)C2=O. The predicted octanol–water partition coefficient (Wildman–Crippen LogP) is 2.37. The molecule has 0 spiro atoms. The number of benzene rings is 1. The van der Waals surface area contributed by atoms with Crippen molar-refractivity contribution in [2.24, 2.45) is 5.11 Å². The molecule has 246 valence electrons. The molecule has 1 fully saturated rings. The Kier molecular flexibility index (Phi) is 13.1. The Morgan fingerprint density at radius 3 is 2.53 bits per heavy atom. The van der Waals surface area contributed by atoms with Gasteiger partial charge in [0.25, 0.3) is 5.91 Å². The van der Waals surface area contributed by atoms with Crippen molar-refractivity contribution in [1.82, 2.24) is 15.1 Å². The molecule has 0 saturated carbocycles. The highest BCUT2D eigenvalue weighted by Crippen LogP contribution is 2.29. The van der Waals surface area contributed by atoms with Gasteiger partial charge in [0.2, 0.25) is 17.7 Å². The molecule has 2 unspecified atom stereocenters. The van der Waals surface area contributed by atoms with Crippen molar-refractivity contribution in [1.29, 1.82) is 0 Å². The first kappa shape index (κ1) is 35.2. The van der Waals surface area contributed by atoms with Gasteiger partial charge in [0, 0.05) is 42.7 Å². The summed E-state index contributed by atoms with van der Waals surface area (Å²) >= 11 is 0. The second-order valence-electron chi connectivity index (χ2n) is 11.5. The predicted molar refractivity (Wildman–Crippen MR) is 160 cm³/mol. The Morgan fingerprint density at radius 2 is 1.84 bits per heavy atom. The number of rotatable bonds is 16. The number of hydrogen-bond donors (Lipinski definition) is 2. The first-order chi connectivity index (χ1) is 21.4. The molecule has 2 aliphatic heterocycles. The van der Waals surface area contributed by atoms with Crippen LogP contribution in [-0.2, 0) is 39.9 Å². The van der Waals surface area contributed by atoms with E-state index in [9.17, 15) is 24.0 Å². The lowest BCUT2D eigenvalue weighted by atomic mass is 10.0. The van der Waals surface area contributed by atoms with Crippen LogP contribution in [0, 0.1) is 0 Å². The minimum atomic E-state index is -0.706. The lowest BCUT2D eigenvalue weighted by molar-refractivity contribution is -0.137. The molecule has 16 nitrogen and oxygen atoms in total. The average molecular weight is 632 g/mol. The van der Waals surface area contributed by atoms with E-state index >= 15 is 0 Å². The van der Waals surface area contributed by atoms with E-state index in [0.29, 0.717) is 16.8 Å². The molecule has 0 aromatic heterocycles. The summed E-state index contributed by atoms with van der Waals surface area (Å²) in [5.74, 6) is -1.39. The average Bonchev–Trinajstić information content (AvgIpc) is 3.29. The van der Waals surface area contributed by atoms with E-state index in [1.54, 1.807) is 46.0 Å². The maximum absolute atomic E-state index is 12.8. The van der Waals surface area contributed by atoms with E-state index in [-0.39, 0.29) is 89.7 Å². The van der Waals surface area contributed by atoms with Crippen LogP contribution in [0.15, 0.2) is 23.3 Å². The molecule has 1 aromatic carbocycles. The zero-order valence-electron chi connectivity index (χ0n) is 26.1. The summed E-state index contributed by atoms with van der Waals surface area (Å²) in [4.78, 5) is 67.0. The van der Waals surface area contributed by atoms with Gasteiger partial charge in [-0.3, -0.25) is 24.5 Å². The molecule has 0 radical (unpaired) electrons. The molecule has 3 rings (SSSR count). The number of azide groups is 1. The number of nitrogens with one attached hydrogen (secondary N) is 2. The summed E-state index contributed by atoms with van der Waals surface area (Å²) in [5.41, 5.74) is 9.39. The second kappa shape index (κ2) is 16.7. The zero-order chi connectivity index (χ0) is 33.0. The quantitative estimate of drug-likeness (QED) is 0.0903. The van der Waals surface area contributed by atoms with Crippen molar-refractivity contribution < 1.29 is 42.9 Å². The molecule has 5 amide bonds.